The molecule has 1 aliphatic rings. The predicted octanol–water partition coefficient (Wildman–Crippen LogP) is 4.24. The summed E-state index contributed by atoms with van der Waals surface area (Å²) >= 11 is 0. The minimum Gasteiger partial charge on any atom is -0.409 e. The number of pyridine rings is 1. The van der Waals surface area contributed by atoms with Gasteiger partial charge in [0.1, 0.15) is 5.75 Å². The van der Waals surface area contributed by atoms with Crippen molar-refractivity contribution in [2.45, 2.75) is 25.4 Å². The molecule has 36 heavy (non-hydrogen) atoms. The zero-order valence-electron chi connectivity index (χ0n) is 18.8. The molecule has 2 amide bonds. The fourth-order valence-electron chi connectivity index (χ4n) is 3.50. The summed E-state index contributed by atoms with van der Waals surface area (Å²) in [5, 5.41) is 8.14. The lowest BCUT2D eigenvalue weighted by molar-refractivity contribution is -0.461. The molecule has 188 valence electrons. The molecule has 0 spiro atoms. The maximum atomic E-state index is 14.0. The van der Waals surface area contributed by atoms with Crippen LogP contribution in [0.3, 0.4) is 0 Å². The highest BCUT2D eigenvalue weighted by Crippen LogP contribution is 2.46. The second-order valence-electron chi connectivity index (χ2n) is 7.75. The minimum absolute atomic E-state index is 0.0707. The number of nitrogens with one attached hydrogen (secondary N) is 3. The number of anilines is 2. The average Bonchev–Trinajstić information content (AvgIpc) is 2.82. The van der Waals surface area contributed by atoms with E-state index in [1.807, 2.05) is 0 Å². The van der Waals surface area contributed by atoms with Crippen LogP contribution in [0, 0.1) is 0 Å². The molecule has 8 nitrogen and oxygen atoms in total. The van der Waals surface area contributed by atoms with Crippen molar-refractivity contribution in [1.29, 1.82) is 0 Å². The van der Waals surface area contributed by atoms with Gasteiger partial charge in [-0.1, -0.05) is 12.1 Å². The molecule has 2 aromatic carbocycles. The van der Waals surface area contributed by atoms with Crippen molar-refractivity contribution in [1.82, 2.24) is 10.3 Å². The van der Waals surface area contributed by atoms with Crippen LogP contribution >= 0.6 is 0 Å². The lowest BCUT2D eigenvalue weighted by Crippen LogP contribution is -2.41. The highest BCUT2D eigenvalue weighted by atomic mass is 19.3. The topological polar surface area (TPSA) is 102 Å². The number of halogens is 4. The van der Waals surface area contributed by atoms with Gasteiger partial charge in [0.2, 0.25) is 5.91 Å². The largest absolute Gasteiger partial charge is 0.540 e. The summed E-state index contributed by atoms with van der Waals surface area (Å²) in [5.41, 5.74) is 1.04. The van der Waals surface area contributed by atoms with Gasteiger partial charge < -0.3 is 20.7 Å². The number of rotatable bonds is 7. The Kier molecular flexibility index (Phi) is 6.80. The number of alkyl halides is 4. The molecule has 3 N–H and O–H groups in total. The summed E-state index contributed by atoms with van der Waals surface area (Å²) in [6.45, 7) is 0.307. The van der Waals surface area contributed by atoms with Crippen molar-refractivity contribution >= 4 is 23.2 Å². The predicted molar refractivity (Wildman–Crippen MR) is 121 cm³/mol. The minimum atomic E-state index is -4.48. The third kappa shape index (κ3) is 5.71. The zero-order valence-corrected chi connectivity index (χ0v) is 18.8. The molecular weight excluding hydrogens is 484 g/mol. The van der Waals surface area contributed by atoms with Gasteiger partial charge in [-0.05, 0) is 48.0 Å². The molecule has 1 aromatic heterocycles. The Labute approximate surface area is 202 Å². The Morgan fingerprint density at radius 3 is 2.58 bits per heavy atom. The Bertz CT molecular complexity index is 1300. The molecule has 0 radical (unpaired) electrons. The molecule has 0 unspecified atom stereocenters. The van der Waals surface area contributed by atoms with Gasteiger partial charge in [-0.15, -0.1) is 8.78 Å². The molecule has 0 saturated heterocycles. The molecule has 4 rings (SSSR count). The van der Waals surface area contributed by atoms with E-state index in [1.54, 1.807) is 36.5 Å². The summed E-state index contributed by atoms with van der Waals surface area (Å²) in [4.78, 5) is 28.7. The van der Waals surface area contributed by atoms with Gasteiger partial charge in [-0.2, -0.15) is 8.78 Å². The first kappa shape index (κ1) is 24.9. The quantitative estimate of drug-likeness (QED) is 0.416. The van der Waals surface area contributed by atoms with Crippen molar-refractivity contribution in [3.8, 4) is 5.75 Å². The van der Waals surface area contributed by atoms with Crippen LogP contribution in [0.5, 0.6) is 5.75 Å². The van der Waals surface area contributed by atoms with Crippen molar-refractivity contribution in [2.75, 3.05) is 17.7 Å². The molecule has 0 saturated carbocycles. The molecule has 2 heterocycles. The van der Waals surface area contributed by atoms with Crippen molar-refractivity contribution in [3.05, 3.63) is 83.2 Å². The van der Waals surface area contributed by atoms with Crippen LogP contribution in [-0.2, 0) is 28.6 Å². The summed E-state index contributed by atoms with van der Waals surface area (Å²) in [5.74, 6) is -1.56. The lowest BCUT2D eigenvalue weighted by Gasteiger charge is -2.30. The Hall–Kier alpha value is -4.19. The monoisotopic (exact) mass is 504 g/mol. The van der Waals surface area contributed by atoms with Gasteiger partial charge in [0, 0.05) is 36.9 Å². The second kappa shape index (κ2) is 9.82. The van der Waals surface area contributed by atoms with Crippen LogP contribution in [0.4, 0.5) is 28.9 Å². The maximum absolute atomic E-state index is 14.0. The number of carbonyl (C=O) groups is 2. The molecule has 0 bridgehead atoms. The Morgan fingerprint density at radius 2 is 1.81 bits per heavy atom. The molecule has 12 heteroatoms. The molecular formula is C24H20F4N4O4. The first-order chi connectivity index (χ1) is 17.1. The van der Waals surface area contributed by atoms with Crippen LogP contribution in [0.1, 0.15) is 27.2 Å². The van der Waals surface area contributed by atoms with Gasteiger partial charge in [0.25, 0.3) is 5.91 Å². The number of hydrogen-bond donors (Lipinski definition) is 3. The van der Waals surface area contributed by atoms with E-state index >= 15 is 0 Å². The number of aromatic nitrogens is 1. The number of fused-ring (bicyclic) bond motifs is 1. The second-order valence-corrected chi connectivity index (χ2v) is 7.75. The molecule has 0 fully saturated rings. The smallest absolute Gasteiger partial charge is 0.409 e. The SMILES string of the molecule is CNC(=O)Cc1cc(CNc2ccccc2C(=O)Nc2ccc3c(c2)C(F)(F)OC(F)(F)O3)ccn1. The highest BCUT2D eigenvalue weighted by molar-refractivity contribution is 6.08. The van der Waals surface area contributed by atoms with Gasteiger partial charge >= 0.3 is 12.4 Å². The van der Waals surface area contributed by atoms with Crippen molar-refractivity contribution in [3.63, 3.8) is 0 Å². The fourth-order valence-corrected chi connectivity index (χ4v) is 3.50. The van der Waals surface area contributed by atoms with E-state index in [0.29, 0.717) is 17.9 Å². The number of hydrogen-bond acceptors (Lipinski definition) is 6. The van der Waals surface area contributed by atoms with Crippen LogP contribution in [0.25, 0.3) is 0 Å². The number of carbonyl (C=O) groups excluding carboxylic acids is 2. The van der Waals surface area contributed by atoms with E-state index in [4.69, 9.17) is 0 Å². The normalized spacial score (nSPS) is 15.2. The first-order valence-corrected chi connectivity index (χ1v) is 10.6. The fraction of sp³-hybridized carbons (Fsp3) is 0.208. The zero-order chi connectivity index (χ0) is 25.9. The number of ether oxygens (including phenoxy) is 2. The van der Waals surface area contributed by atoms with Crippen LogP contribution in [0.15, 0.2) is 60.8 Å². The number of amides is 2. The van der Waals surface area contributed by atoms with E-state index < -0.39 is 29.6 Å². The van der Waals surface area contributed by atoms with E-state index in [9.17, 15) is 27.2 Å². The Morgan fingerprint density at radius 1 is 1.03 bits per heavy atom. The van der Waals surface area contributed by atoms with Crippen molar-refractivity contribution < 1.29 is 36.6 Å². The number of para-hydroxylation sites is 1. The van der Waals surface area contributed by atoms with Crippen LogP contribution in [-0.4, -0.2) is 30.1 Å². The van der Waals surface area contributed by atoms with Gasteiger partial charge in [0.05, 0.1) is 17.5 Å². The van der Waals surface area contributed by atoms with Gasteiger partial charge in [-0.25, -0.2) is 4.74 Å². The maximum Gasteiger partial charge on any atom is 0.540 e. The summed E-state index contributed by atoms with van der Waals surface area (Å²) in [7, 11) is 1.53. The van der Waals surface area contributed by atoms with Crippen LogP contribution < -0.4 is 20.7 Å². The summed E-state index contributed by atoms with van der Waals surface area (Å²) in [6, 6.07) is 12.9. The Balaban J connectivity index is 1.48. The first-order valence-electron chi connectivity index (χ1n) is 10.6. The van der Waals surface area contributed by atoms with E-state index in [2.05, 4.69) is 30.4 Å². The highest BCUT2D eigenvalue weighted by Gasteiger charge is 2.54. The van der Waals surface area contributed by atoms with E-state index in [-0.39, 0.29) is 23.6 Å². The van der Waals surface area contributed by atoms with Gasteiger partial charge in [-0.3, -0.25) is 14.6 Å². The molecule has 3 aromatic rings. The average molecular weight is 504 g/mol. The van der Waals surface area contributed by atoms with Crippen LogP contribution in [0.2, 0.25) is 0 Å². The summed E-state index contributed by atoms with van der Waals surface area (Å²) in [6.07, 6.45) is -7.11. The molecule has 0 aliphatic carbocycles. The molecule has 0 atom stereocenters. The van der Waals surface area contributed by atoms with Crippen molar-refractivity contribution in [2.24, 2.45) is 0 Å². The summed E-state index contributed by atoms with van der Waals surface area (Å²) < 4.78 is 62.1. The number of nitrogens with zero attached hydrogens (tertiary/aromatic N) is 1. The third-order valence-corrected chi connectivity index (χ3v) is 5.18. The number of likely N-dealkylation sites (N-methyl/N-ethyl adjacent to an activating group) is 1. The molecule has 1 aliphatic heterocycles. The van der Waals surface area contributed by atoms with E-state index in [0.717, 1.165) is 23.8 Å². The number of benzene rings is 2. The third-order valence-electron chi connectivity index (χ3n) is 5.18. The standard InChI is InChI=1S/C24H20F4N4O4/c1-29-21(33)12-16-10-14(8-9-30-16)13-31-19-5-3-2-4-17(19)22(34)32-15-6-7-20-18(11-15)23(25,26)36-24(27,28)35-20/h2-11,31H,12-13H2,1H3,(H,29,33)(H,32,34). The van der Waals surface area contributed by atoms with E-state index in [1.165, 1.54) is 13.1 Å². The lowest BCUT2D eigenvalue weighted by atomic mass is 10.1. The van der Waals surface area contributed by atoms with Gasteiger partial charge in [0.15, 0.2) is 0 Å².